The Hall–Kier alpha value is -0.940. The minimum atomic E-state index is 0.0768. The van der Waals surface area contributed by atoms with Gasteiger partial charge in [0.1, 0.15) is 0 Å². The quantitative estimate of drug-likeness (QED) is 0.692. The summed E-state index contributed by atoms with van der Waals surface area (Å²) in [5, 5.41) is 9.16. The van der Waals surface area contributed by atoms with Crippen LogP contribution in [0.4, 0.5) is 0 Å². The van der Waals surface area contributed by atoms with Crippen LogP contribution in [0, 0.1) is 6.92 Å². The fourth-order valence-corrected chi connectivity index (χ4v) is 2.06. The van der Waals surface area contributed by atoms with Gasteiger partial charge >= 0.3 is 0 Å². The average molecular weight is 255 g/mol. The highest BCUT2D eigenvalue weighted by atomic mass is 32.1. The fraction of sp³-hybridized carbons (Fsp3) is 0.667. The highest BCUT2D eigenvalue weighted by molar-refractivity contribution is 7.09. The predicted molar refractivity (Wildman–Crippen MR) is 71.3 cm³/mol. The van der Waals surface area contributed by atoms with Crippen LogP contribution in [0.25, 0.3) is 0 Å². The van der Waals surface area contributed by atoms with E-state index in [9.17, 15) is 4.79 Å². The molecular weight excluding hydrogens is 234 g/mol. The first-order chi connectivity index (χ1) is 8.22. The molecule has 0 aliphatic carbocycles. The van der Waals surface area contributed by atoms with Crippen LogP contribution in [-0.2, 0) is 11.2 Å². The van der Waals surface area contributed by atoms with Gasteiger partial charge in [-0.1, -0.05) is 13.3 Å². The molecule has 0 aliphatic rings. The van der Waals surface area contributed by atoms with E-state index in [0.717, 1.165) is 43.1 Å². The zero-order valence-electron chi connectivity index (χ0n) is 10.6. The van der Waals surface area contributed by atoms with Crippen LogP contribution in [0.2, 0.25) is 0 Å². The number of aromatic nitrogens is 1. The smallest absolute Gasteiger partial charge is 0.233 e. The molecule has 0 atom stereocenters. The molecule has 1 rings (SSSR count). The van der Waals surface area contributed by atoms with E-state index in [1.165, 1.54) is 0 Å². The molecule has 0 aliphatic heterocycles. The number of carbonyl (C=O) groups excluding carboxylic acids is 1. The maximum Gasteiger partial charge on any atom is 0.233 e. The van der Waals surface area contributed by atoms with Crippen LogP contribution in [0.1, 0.15) is 30.5 Å². The van der Waals surface area contributed by atoms with E-state index in [-0.39, 0.29) is 5.91 Å². The lowest BCUT2D eigenvalue weighted by atomic mass is 10.3. The summed E-state index contributed by atoms with van der Waals surface area (Å²) in [6.07, 6.45) is 3.04. The third-order valence-corrected chi connectivity index (χ3v) is 3.18. The van der Waals surface area contributed by atoms with Crippen molar-refractivity contribution >= 4 is 17.2 Å². The molecule has 2 N–H and O–H groups in total. The van der Waals surface area contributed by atoms with E-state index < -0.39 is 0 Å². The van der Waals surface area contributed by atoms with Crippen molar-refractivity contribution in [3.8, 4) is 0 Å². The van der Waals surface area contributed by atoms with E-state index in [1.807, 2.05) is 6.92 Å². The van der Waals surface area contributed by atoms with Crippen molar-refractivity contribution in [3.05, 3.63) is 16.1 Å². The lowest BCUT2D eigenvalue weighted by molar-refractivity contribution is -0.120. The van der Waals surface area contributed by atoms with Crippen molar-refractivity contribution in [2.24, 2.45) is 0 Å². The van der Waals surface area contributed by atoms with Crippen molar-refractivity contribution < 1.29 is 4.79 Å². The zero-order valence-corrected chi connectivity index (χ0v) is 11.4. The van der Waals surface area contributed by atoms with Crippen molar-refractivity contribution in [2.75, 3.05) is 19.6 Å². The number of unbranched alkanes of at least 4 members (excludes halogenated alkanes) is 1. The summed E-state index contributed by atoms with van der Waals surface area (Å²) >= 11 is 1.66. The van der Waals surface area contributed by atoms with Crippen molar-refractivity contribution in [1.82, 2.24) is 15.6 Å². The lowest BCUT2D eigenvalue weighted by Gasteiger charge is -2.05. The van der Waals surface area contributed by atoms with Crippen LogP contribution in [0.5, 0.6) is 0 Å². The largest absolute Gasteiger partial charge is 0.355 e. The Labute approximate surface area is 107 Å². The van der Waals surface area contributed by atoms with E-state index in [4.69, 9.17) is 0 Å². The molecular formula is C12H21N3OS. The second-order valence-electron chi connectivity index (χ2n) is 3.99. The molecule has 1 amide bonds. The van der Waals surface area contributed by atoms with Gasteiger partial charge in [0, 0.05) is 24.9 Å². The second kappa shape index (κ2) is 8.20. The monoisotopic (exact) mass is 255 g/mol. The highest BCUT2D eigenvalue weighted by Crippen LogP contribution is 2.07. The predicted octanol–water partition coefficient (Wildman–Crippen LogP) is 1.50. The molecule has 0 saturated carbocycles. The summed E-state index contributed by atoms with van der Waals surface area (Å²) in [6.45, 7) is 6.09. The number of hydrogen-bond acceptors (Lipinski definition) is 4. The number of rotatable bonds is 8. The Morgan fingerprint density at radius 1 is 1.47 bits per heavy atom. The van der Waals surface area contributed by atoms with Gasteiger partial charge in [-0.05, 0) is 13.3 Å². The molecule has 0 radical (unpaired) electrons. The number of hydrogen-bond donors (Lipinski definition) is 2. The molecule has 5 heteroatoms. The van der Waals surface area contributed by atoms with Gasteiger partial charge in [0.05, 0.1) is 17.2 Å². The van der Waals surface area contributed by atoms with Gasteiger partial charge in [-0.15, -0.1) is 11.3 Å². The second-order valence-corrected chi connectivity index (χ2v) is 5.05. The first-order valence-corrected chi connectivity index (χ1v) is 6.98. The summed E-state index contributed by atoms with van der Waals surface area (Å²) in [7, 11) is 0. The number of aryl methyl sites for hydroxylation is 1. The highest BCUT2D eigenvalue weighted by Gasteiger charge is 2.01. The normalized spacial score (nSPS) is 10.5. The van der Waals surface area contributed by atoms with Gasteiger partial charge in [-0.3, -0.25) is 4.79 Å². The Bertz CT molecular complexity index is 338. The number of nitrogens with one attached hydrogen (secondary N) is 2. The standard InChI is InChI=1S/C12H21N3OS/c1-3-4-6-14-12(16)8-13-7-5-11-9-17-10(2)15-11/h9,13H,3-8H2,1-2H3,(H,14,16). The molecule has 0 fully saturated rings. The van der Waals surface area contributed by atoms with Gasteiger partial charge in [0.2, 0.25) is 5.91 Å². The van der Waals surface area contributed by atoms with Crippen molar-refractivity contribution in [3.63, 3.8) is 0 Å². The number of thiazole rings is 1. The number of nitrogens with zero attached hydrogens (tertiary/aromatic N) is 1. The average Bonchev–Trinajstić information content (AvgIpc) is 2.71. The maximum atomic E-state index is 11.3. The molecule has 1 heterocycles. The van der Waals surface area contributed by atoms with Gasteiger partial charge in [0.15, 0.2) is 0 Å². The van der Waals surface area contributed by atoms with E-state index >= 15 is 0 Å². The third-order valence-electron chi connectivity index (χ3n) is 2.36. The third kappa shape index (κ3) is 6.38. The number of amides is 1. The number of carbonyl (C=O) groups is 1. The minimum Gasteiger partial charge on any atom is -0.355 e. The first kappa shape index (κ1) is 14.1. The summed E-state index contributed by atoms with van der Waals surface area (Å²) in [6, 6.07) is 0. The van der Waals surface area contributed by atoms with Gasteiger partial charge in [0.25, 0.3) is 0 Å². The lowest BCUT2D eigenvalue weighted by Crippen LogP contribution is -2.35. The summed E-state index contributed by atoms with van der Waals surface area (Å²) in [5.74, 6) is 0.0768. The molecule has 0 unspecified atom stereocenters. The molecule has 96 valence electrons. The first-order valence-electron chi connectivity index (χ1n) is 6.10. The summed E-state index contributed by atoms with van der Waals surface area (Å²) in [5.41, 5.74) is 1.10. The van der Waals surface area contributed by atoms with Crippen LogP contribution < -0.4 is 10.6 Å². The van der Waals surface area contributed by atoms with Crippen LogP contribution in [0.15, 0.2) is 5.38 Å². The maximum absolute atomic E-state index is 11.3. The van der Waals surface area contributed by atoms with Gasteiger partial charge < -0.3 is 10.6 Å². The Morgan fingerprint density at radius 3 is 2.94 bits per heavy atom. The Balaban J connectivity index is 2.02. The molecule has 0 spiro atoms. The molecule has 0 aromatic carbocycles. The van der Waals surface area contributed by atoms with Crippen LogP contribution >= 0.6 is 11.3 Å². The Kier molecular flexibility index (Phi) is 6.81. The molecule has 4 nitrogen and oxygen atoms in total. The van der Waals surface area contributed by atoms with E-state index in [1.54, 1.807) is 11.3 Å². The molecule has 0 bridgehead atoms. The topological polar surface area (TPSA) is 54.0 Å². The van der Waals surface area contributed by atoms with Crippen LogP contribution in [0.3, 0.4) is 0 Å². The SMILES string of the molecule is CCCCNC(=O)CNCCc1csc(C)n1. The van der Waals surface area contributed by atoms with E-state index in [2.05, 4.69) is 27.9 Å². The zero-order chi connectivity index (χ0) is 12.5. The van der Waals surface area contributed by atoms with Crippen LogP contribution in [-0.4, -0.2) is 30.5 Å². The van der Waals surface area contributed by atoms with Crippen molar-refractivity contribution in [2.45, 2.75) is 33.1 Å². The Morgan fingerprint density at radius 2 is 2.29 bits per heavy atom. The minimum absolute atomic E-state index is 0.0768. The summed E-state index contributed by atoms with van der Waals surface area (Å²) < 4.78 is 0. The van der Waals surface area contributed by atoms with Gasteiger partial charge in [-0.2, -0.15) is 0 Å². The van der Waals surface area contributed by atoms with Crippen molar-refractivity contribution in [1.29, 1.82) is 0 Å². The molecule has 17 heavy (non-hydrogen) atoms. The molecule has 1 aromatic heterocycles. The van der Waals surface area contributed by atoms with Gasteiger partial charge in [-0.25, -0.2) is 4.98 Å². The molecule has 1 aromatic rings. The summed E-state index contributed by atoms with van der Waals surface area (Å²) in [4.78, 5) is 15.7. The molecule has 0 saturated heterocycles. The van der Waals surface area contributed by atoms with E-state index in [0.29, 0.717) is 6.54 Å². The fourth-order valence-electron chi connectivity index (χ4n) is 1.41.